The van der Waals surface area contributed by atoms with Gasteiger partial charge in [0.1, 0.15) is 0 Å². The van der Waals surface area contributed by atoms with Crippen molar-refractivity contribution in [3.8, 4) is 0 Å². The highest BCUT2D eigenvalue weighted by Crippen LogP contribution is 2.40. The van der Waals surface area contributed by atoms with Crippen LogP contribution in [0.15, 0.2) is 0 Å². The molecule has 2 fully saturated rings. The summed E-state index contributed by atoms with van der Waals surface area (Å²) in [5.41, 5.74) is 5.59. The van der Waals surface area contributed by atoms with Crippen LogP contribution in [0, 0.1) is 5.92 Å². The number of hydrogen-bond acceptors (Lipinski definition) is 2. The lowest BCUT2D eigenvalue weighted by molar-refractivity contribution is -0.152. The van der Waals surface area contributed by atoms with E-state index in [1.54, 1.807) is 4.90 Å². The van der Waals surface area contributed by atoms with E-state index in [-0.39, 0.29) is 12.1 Å². The van der Waals surface area contributed by atoms with Crippen LogP contribution in [0.4, 0.5) is 13.2 Å². The summed E-state index contributed by atoms with van der Waals surface area (Å²) in [7, 11) is 0. The lowest BCUT2D eigenvalue weighted by Crippen LogP contribution is -2.47. The zero-order valence-corrected chi connectivity index (χ0v) is 8.63. The van der Waals surface area contributed by atoms with Crippen LogP contribution in [0.25, 0.3) is 0 Å². The summed E-state index contributed by atoms with van der Waals surface area (Å²) >= 11 is 0. The van der Waals surface area contributed by atoms with E-state index in [1.165, 1.54) is 0 Å². The van der Waals surface area contributed by atoms with Gasteiger partial charge in [-0.2, -0.15) is 13.2 Å². The van der Waals surface area contributed by atoms with E-state index in [0.717, 1.165) is 25.7 Å². The summed E-state index contributed by atoms with van der Waals surface area (Å²) in [6.07, 6.45) is -0.199. The van der Waals surface area contributed by atoms with Gasteiger partial charge in [-0.15, -0.1) is 0 Å². The van der Waals surface area contributed by atoms with Crippen molar-refractivity contribution in [2.45, 2.75) is 43.9 Å². The minimum absolute atomic E-state index is 0.0425. The van der Waals surface area contributed by atoms with Gasteiger partial charge in [-0.3, -0.25) is 4.90 Å². The fourth-order valence-corrected chi connectivity index (χ4v) is 2.21. The van der Waals surface area contributed by atoms with Gasteiger partial charge >= 0.3 is 6.18 Å². The SMILES string of the molecule is NCC(C1CC1)N(CC(F)(F)F)C1CC1. The van der Waals surface area contributed by atoms with Crippen molar-refractivity contribution in [3.05, 3.63) is 0 Å². The molecule has 0 aromatic rings. The fraction of sp³-hybridized carbons (Fsp3) is 1.00. The molecule has 1 unspecified atom stereocenters. The molecular weight excluding hydrogens is 205 g/mol. The quantitative estimate of drug-likeness (QED) is 0.768. The molecule has 5 heteroatoms. The Morgan fingerprint density at radius 3 is 2.13 bits per heavy atom. The second-order valence-corrected chi connectivity index (χ2v) is 4.66. The van der Waals surface area contributed by atoms with Crippen LogP contribution in [0.2, 0.25) is 0 Å². The summed E-state index contributed by atoms with van der Waals surface area (Å²) < 4.78 is 37.2. The fourth-order valence-electron chi connectivity index (χ4n) is 2.21. The molecular formula is C10H17F3N2. The van der Waals surface area contributed by atoms with Crippen LogP contribution in [0.5, 0.6) is 0 Å². The van der Waals surface area contributed by atoms with Gasteiger partial charge in [-0.1, -0.05) is 0 Å². The van der Waals surface area contributed by atoms with Gasteiger partial charge in [-0.05, 0) is 31.6 Å². The molecule has 15 heavy (non-hydrogen) atoms. The van der Waals surface area contributed by atoms with Crippen molar-refractivity contribution in [1.29, 1.82) is 0 Å². The summed E-state index contributed by atoms with van der Waals surface area (Å²) in [6, 6.07) is 0.0971. The van der Waals surface area contributed by atoms with Gasteiger partial charge in [0.25, 0.3) is 0 Å². The second-order valence-electron chi connectivity index (χ2n) is 4.66. The molecule has 2 rings (SSSR count). The molecule has 2 N–H and O–H groups in total. The number of halogens is 3. The summed E-state index contributed by atoms with van der Waals surface area (Å²) in [5.74, 6) is 0.415. The third kappa shape index (κ3) is 3.08. The maximum atomic E-state index is 12.4. The van der Waals surface area contributed by atoms with Crippen LogP contribution in [0.3, 0.4) is 0 Å². The van der Waals surface area contributed by atoms with E-state index < -0.39 is 12.7 Å². The van der Waals surface area contributed by atoms with Crippen molar-refractivity contribution in [1.82, 2.24) is 4.90 Å². The first kappa shape index (κ1) is 11.2. The number of nitrogens with two attached hydrogens (primary N) is 1. The monoisotopic (exact) mass is 222 g/mol. The van der Waals surface area contributed by atoms with Gasteiger partial charge in [0, 0.05) is 18.6 Å². The van der Waals surface area contributed by atoms with Crippen LogP contribution in [-0.4, -0.2) is 36.2 Å². The zero-order valence-electron chi connectivity index (χ0n) is 8.63. The Labute approximate surface area is 87.6 Å². The topological polar surface area (TPSA) is 29.3 Å². The van der Waals surface area contributed by atoms with E-state index >= 15 is 0 Å². The van der Waals surface area contributed by atoms with Crippen molar-refractivity contribution in [2.75, 3.05) is 13.1 Å². The smallest absolute Gasteiger partial charge is 0.329 e. The minimum Gasteiger partial charge on any atom is -0.329 e. The van der Waals surface area contributed by atoms with Crippen molar-refractivity contribution >= 4 is 0 Å². The predicted molar refractivity (Wildman–Crippen MR) is 51.3 cm³/mol. The summed E-state index contributed by atoms with van der Waals surface area (Å²) in [5, 5.41) is 0. The van der Waals surface area contributed by atoms with E-state index in [9.17, 15) is 13.2 Å². The highest BCUT2D eigenvalue weighted by Gasteiger charge is 2.45. The third-order valence-corrected chi connectivity index (χ3v) is 3.21. The van der Waals surface area contributed by atoms with Crippen LogP contribution in [0.1, 0.15) is 25.7 Å². The Morgan fingerprint density at radius 1 is 1.20 bits per heavy atom. The lowest BCUT2D eigenvalue weighted by Gasteiger charge is -2.31. The van der Waals surface area contributed by atoms with Gasteiger partial charge in [0.05, 0.1) is 6.54 Å². The molecule has 2 saturated carbocycles. The standard InChI is InChI=1S/C10H17F3N2/c11-10(12,13)6-15(8-3-4-8)9(5-14)7-1-2-7/h7-9H,1-6,14H2. The first-order valence-corrected chi connectivity index (χ1v) is 5.54. The molecule has 0 spiro atoms. The van der Waals surface area contributed by atoms with Crippen molar-refractivity contribution in [3.63, 3.8) is 0 Å². The molecule has 2 nitrogen and oxygen atoms in total. The van der Waals surface area contributed by atoms with Gasteiger partial charge in [0.2, 0.25) is 0 Å². The summed E-state index contributed by atoms with van der Waals surface area (Å²) in [6.45, 7) is -0.423. The molecule has 2 aliphatic carbocycles. The Balaban J connectivity index is 1.97. The van der Waals surface area contributed by atoms with E-state index in [0.29, 0.717) is 12.5 Å². The average Bonchev–Trinajstić information content (AvgIpc) is 2.97. The Hall–Kier alpha value is -0.290. The molecule has 2 aliphatic rings. The molecule has 0 bridgehead atoms. The van der Waals surface area contributed by atoms with Crippen molar-refractivity contribution in [2.24, 2.45) is 11.7 Å². The van der Waals surface area contributed by atoms with Crippen LogP contribution >= 0.6 is 0 Å². The molecule has 1 atom stereocenters. The van der Waals surface area contributed by atoms with Gasteiger partial charge in [0.15, 0.2) is 0 Å². The lowest BCUT2D eigenvalue weighted by atomic mass is 10.1. The first-order valence-electron chi connectivity index (χ1n) is 5.54. The predicted octanol–water partition coefficient (Wildman–Crippen LogP) is 1.75. The molecule has 0 aromatic heterocycles. The highest BCUT2D eigenvalue weighted by atomic mass is 19.4. The van der Waals surface area contributed by atoms with Gasteiger partial charge < -0.3 is 5.73 Å². The molecule has 0 aromatic carbocycles. The number of hydrogen-bond donors (Lipinski definition) is 1. The minimum atomic E-state index is -4.09. The van der Waals surface area contributed by atoms with E-state index in [1.807, 2.05) is 0 Å². The number of nitrogens with zero attached hydrogens (tertiary/aromatic N) is 1. The maximum Gasteiger partial charge on any atom is 0.401 e. The molecule has 0 heterocycles. The van der Waals surface area contributed by atoms with E-state index in [4.69, 9.17) is 5.73 Å². The largest absolute Gasteiger partial charge is 0.401 e. The van der Waals surface area contributed by atoms with Crippen LogP contribution < -0.4 is 5.73 Å². The Kier molecular flexibility index (Phi) is 2.94. The highest BCUT2D eigenvalue weighted by molar-refractivity contribution is 4.96. The van der Waals surface area contributed by atoms with Crippen LogP contribution in [-0.2, 0) is 0 Å². The summed E-state index contributed by atoms with van der Waals surface area (Å²) in [4.78, 5) is 1.59. The number of rotatable bonds is 5. The third-order valence-electron chi connectivity index (χ3n) is 3.21. The maximum absolute atomic E-state index is 12.4. The Morgan fingerprint density at radius 2 is 1.80 bits per heavy atom. The van der Waals surface area contributed by atoms with Crippen molar-refractivity contribution < 1.29 is 13.2 Å². The van der Waals surface area contributed by atoms with Gasteiger partial charge in [-0.25, -0.2) is 0 Å². The molecule has 0 saturated heterocycles. The molecule has 0 amide bonds. The first-order chi connectivity index (χ1) is 7.01. The average molecular weight is 222 g/mol. The zero-order chi connectivity index (χ0) is 11.1. The molecule has 0 radical (unpaired) electrons. The normalized spacial score (nSPS) is 24.6. The number of alkyl halides is 3. The Bertz CT molecular complexity index is 221. The molecule has 0 aliphatic heterocycles. The van der Waals surface area contributed by atoms with E-state index in [2.05, 4.69) is 0 Å². The molecule has 88 valence electrons. The second kappa shape index (κ2) is 3.94.